The average Bonchev–Trinajstić information content (AvgIpc) is 3.71. The van der Waals surface area contributed by atoms with E-state index < -0.39 is 31.4 Å². The number of pyridine rings is 1. The zero-order chi connectivity index (χ0) is 43.3. The lowest BCUT2D eigenvalue weighted by atomic mass is 9.73. The molecule has 0 saturated carbocycles. The van der Waals surface area contributed by atoms with Crippen LogP contribution in [0.3, 0.4) is 0 Å². The van der Waals surface area contributed by atoms with Gasteiger partial charge in [-0.2, -0.15) is 0 Å². The molecule has 1 aliphatic carbocycles. The van der Waals surface area contributed by atoms with Gasteiger partial charge in [0.15, 0.2) is 0 Å². The second-order valence-electron chi connectivity index (χ2n) is 17.4. The molecule has 61 heavy (non-hydrogen) atoms. The quantitative estimate of drug-likeness (QED) is 0.0570. The molecule has 326 valence electrons. The molecule has 2 fully saturated rings. The summed E-state index contributed by atoms with van der Waals surface area (Å²) >= 11 is 0. The minimum absolute atomic E-state index is 0.0268. The number of aromatic amines is 1. The highest BCUT2D eigenvalue weighted by Gasteiger charge is 2.30. The molecule has 15 nitrogen and oxygen atoms in total. The Labute approximate surface area is 358 Å². The number of ether oxygens (including phenoxy) is 2. The van der Waals surface area contributed by atoms with Crippen molar-refractivity contribution in [2.24, 2.45) is 11.3 Å². The number of anilines is 2. The summed E-state index contributed by atoms with van der Waals surface area (Å²) in [6, 6.07) is 12.3. The summed E-state index contributed by atoms with van der Waals surface area (Å²) in [4.78, 5) is 39.3. The van der Waals surface area contributed by atoms with Crippen LogP contribution in [0.25, 0.3) is 11.0 Å². The van der Waals surface area contributed by atoms with Crippen molar-refractivity contribution in [3.63, 3.8) is 0 Å². The van der Waals surface area contributed by atoms with Crippen molar-refractivity contribution in [2.45, 2.75) is 63.7 Å². The summed E-state index contributed by atoms with van der Waals surface area (Å²) in [5, 5.41) is 16.0. The van der Waals surface area contributed by atoms with Crippen LogP contribution in [0.2, 0.25) is 0 Å². The van der Waals surface area contributed by atoms with Gasteiger partial charge in [-0.15, -0.1) is 0 Å². The Morgan fingerprint density at radius 3 is 2.59 bits per heavy atom. The van der Waals surface area contributed by atoms with E-state index in [2.05, 4.69) is 69.2 Å². The number of hydrogen-bond acceptors (Lipinski definition) is 12. The fraction of sp³-hybridized carbons (Fsp3) is 0.467. The van der Waals surface area contributed by atoms with Crippen LogP contribution in [0.15, 0.2) is 89.2 Å². The number of amides is 1. The van der Waals surface area contributed by atoms with E-state index in [0.717, 1.165) is 94.1 Å². The van der Waals surface area contributed by atoms with E-state index in [9.17, 15) is 23.3 Å². The van der Waals surface area contributed by atoms with E-state index in [1.54, 1.807) is 41.6 Å². The topological polar surface area (TPSA) is 175 Å². The number of aromatic nitrogens is 2. The van der Waals surface area contributed by atoms with Crippen LogP contribution in [-0.4, -0.2) is 106 Å². The Morgan fingerprint density at radius 1 is 1.08 bits per heavy atom. The largest absolute Gasteiger partial charge is 0.455 e. The standard InChI is InChI=1S/C45H58N8O7S/c1-31(50(4)5)6-7-34-27-45(2,3)16-12-35(34)30-51-18-20-52(21-19-51)36-8-10-39(42(25-36)60-37-24-33-13-17-46-43(33)48-29-37)44(54)49-61(57,58)38-9-11-40(41(26-38)53(55)56)47-28-32-14-22-59-23-15-32/h8-11,13,17,24-26,29,32,47H,1,6-7,12,14-16,18-23,27-28,30H2,2-5H3,(H,46,48)(H,49,54). The molecule has 0 unspecified atom stereocenters. The number of H-pyrrole nitrogens is 1. The highest BCUT2D eigenvalue weighted by atomic mass is 32.2. The Bertz CT molecular complexity index is 2400. The molecule has 2 aliphatic heterocycles. The number of rotatable bonds is 16. The molecule has 3 N–H and O–H groups in total. The zero-order valence-electron chi connectivity index (χ0n) is 35.7. The van der Waals surface area contributed by atoms with Crippen LogP contribution in [0.5, 0.6) is 11.5 Å². The van der Waals surface area contributed by atoms with Crippen molar-refractivity contribution >= 4 is 44.0 Å². The first-order valence-electron chi connectivity index (χ1n) is 21.1. The molecule has 1 amide bonds. The number of benzene rings is 2. The number of piperazine rings is 1. The lowest BCUT2D eigenvalue weighted by Crippen LogP contribution is -2.47. The van der Waals surface area contributed by atoms with E-state index in [-0.39, 0.29) is 22.9 Å². The van der Waals surface area contributed by atoms with Gasteiger partial charge in [-0.25, -0.2) is 18.1 Å². The number of nitro groups is 1. The first-order chi connectivity index (χ1) is 29.1. The third kappa shape index (κ3) is 10.9. The Morgan fingerprint density at radius 2 is 1.85 bits per heavy atom. The third-order valence-electron chi connectivity index (χ3n) is 12.2. The summed E-state index contributed by atoms with van der Waals surface area (Å²) in [5.74, 6) is -0.166. The number of sulfonamides is 1. The van der Waals surface area contributed by atoms with E-state index in [4.69, 9.17) is 9.47 Å². The third-order valence-corrected chi connectivity index (χ3v) is 13.6. The second kappa shape index (κ2) is 18.7. The molecule has 4 heterocycles. The molecular formula is C45H58N8O7S. The highest BCUT2D eigenvalue weighted by Crippen LogP contribution is 2.41. The number of allylic oxidation sites excluding steroid dienone is 2. The lowest BCUT2D eigenvalue weighted by Gasteiger charge is -2.39. The van der Waals surface area contributed by atoms with Gasteiger partial charge in [0.25, 0.3) is 21.6 Å². The fourth-order valence-corrected chi connectivity index (χ4v) is 9.35. The first-order valence-corrected chi connectivity index (χ1v) is 22.6. The number of nitrogens with zero attached hydrogens (tertiary/aromatic N) is 5. The Kier molecular flexibility index (Phi) is 13.4. The molecule has 2 aromatic carbocycles. The van der Waals surface area contributed by atoms with E-state index in [1.807, 2.05) is 6.07 Å². The molecular weight excluding hydrogens is 797 g/mol. The van der Waals surface area contributed by atoms with Crippen LogP contribution in [0.4, 0.5) is 17.1 Å². The molecule has 16 heteroatoms. The number of nitrogens with one attached hydrogen (secondary N) is 3. The van der Waals surface area contributed by atoms with Gasteiger partial charge in [-0.3, -0.25) is 19.8 Å². The molecule has 4 aromatic rings. The Balaban J connectivity index is 1.08. The summed E-state index contributed by atoms with van der Waals surface area (Å²) < 4.78 is 41.2. The van der Waals surface area contributed by atoms with Gasteiger partial charge in [0.05, 0.1) is 21.6 Å². The predicted molar refractivity (Wildman–Crippen MR) is 238 cm³/mol. The van der Waals surface area contributed by atoms with Gasteiger partial charge in [0.2, 0.25) is 0 Å². The summed E-state index contributed by atoms with van der Waals surface area (Å²) in [5.41, 5.74) is 5.82. The van der Waals surface area contributed by atoms with E-state index >= 15 is 0 Å². The zero-order valence-corrected chi connectivity index (χ0v) is 36.5. The molecule has 0 atom stereocenters. The maximum absolute atomic E-state index is 13.9. The van der Waals surface area contributed by atoms with Crippen molar-refractivity contribution in [3.05, 3.63) is 100 Å². The Hall–Kier alpha value is -5.45. The number of carbonyl (C=O) groups is 1. The molecule has 3 aliphatic rings. The molecule has 7 rings (SSSR count). The van der Waals surface area contributed by atoms with Crippen LogP contribution in [0, 0.1) is 21.4 Å². The smallest absolute Gasteiger partial charge is 0.293 e. The van der Waals surface area contributed by atoms with Crippen molar-refractivity contribution in [1.29, 1.82) is 0 Å². The number of carbonyl (C=O) groups excluding carboxylic acids is 1. The predicted octanol–water partition coefficient (Wildman–Crippen LogP) is 7.70. The van der Waals surface area contributed by atoms with Crippen LogP contribution in [0.1, 0.15) is 69.2 Å². The molecule has 2 saturated heterocycles. The summed E-state index contributed by atoms with van der Waals surface area (Å²) in [7, 11) is -0.444. The van der Waals surface area contributed by atoms with Crippen molar-refractivity contribution in [3.8, 4) is 11.5 Å². The summed E-state index contributed by atoms with van der Waals surface area (Å²) in [6.07, 6.45) is 10.3. The molecule has 0 bridgehead atoms. The SMILES string of the molecule is C=C(CCC1=C(CN2CCN(c3ccc(C(=O)NS(=O)(=O)c4ccc(NCC5CCOCC5)c([N+](=O)[O-])c4)c(Oc4cnc5[nH]ccc5c4)c3)CC2)CCC(C)(C)C1)N(C)C. The minimum Gasteiger partial charge on any atom is -0.455 e. The van der Waals surface area contributed by atoms with Gasteiger partial charge in [0, 0.05) is 102 Å². The molecule has 2 aromatic heterocycles. The van der Waals surface area contributed by atoms with E-state index in [1.165, 1.54) is 24.8 Å². The minimum atomic E-state index is -4.54. The number of hydrogen-bond donors (Lipinski definition) is 3. The highest BCUT2D eigenvalue weighted by molar-refractivity contribution is 7.90. The van der Waals surface area contributed by atoms with Crippen molar-refractivity contribution in [2.75, 3.05) is 76.8 Å². The molecule has 0 spiro atoms. The van der Waals surface area contributed by atoms with Crippen LogP contribution < -0.4 is 19.7 Å². The lowest BCUT2D eigenvalue weighted by molar-refractivity contribution is -0.384. The molecule has 0 radical (unpaired) electrons. The maximum atomic E-state index is 13.9. The normalized spacial score (nSPS) is 17.6. The summed E-state index contributed by atoms with van der Waals surface area (Å²) in [6.45, 7) is 14.9. The van der Waals surface area contributed by atoms with Crippen molar-refractivity contribution in [1.82, 2.24) is 24.5 Å². The van der Waals surface area contributed by atoms with Gasteiger partial charge in [-0.05, 0) is 92.7 Å². The van der Waals surface area contributed by atoms with Crippen LogP contribution >= 0.6 is 0 Å². The second-order valence-corrected chi connectivity index (χ2v) is 19.1. The number of nitro benzene ring substituents is 1. The monoisotopic (exact) mass is 854 g/mol. The average molecular weight is 855 g/mol. The van der Waals surface area contributed by atoms with E-state index in [0.29, 0.717) is 36.6 Å². The van der Waals surface area contributed by atoms with Gasteiger partial charge >= 0.3 is 0 Å². The van der Waals surface area contributed by atoms with Gasteiger partial charge < -0.3 is 29.6 Å². The van der Waals surface area contributed by atoms with Crippen LogP contribution in [-0.2, 0) is 14.8 Å². The number of fused-ring (bicyclic) bond motifs is 1. The fourth-order valence-electron chi connectivity index (χ4n) is 8.37. The van der Waals surface area contributed by atoms with Crippen molar-refractivity contribution < 1.29 is 27.6 Å². The first kappa shape index (κ1) is 43.6. The van der Waals surface area contributed by atoms with Gasteiger partial charge in [0.1, 0.15) is 22.8 Å². The maximum Gasteiger partial charge on any atom is 0.293 e. The van der Waals surface area contributed by atoms with Gasteiger partial charge in [-0.1, -0.05) is 31.6 Å².